The molecule has 0 bridgehead atoms. The number of nitrogens with zero attached hydrogens (tertiary/aromatic N) is 3. The first-order valence-electron chi connectivity index (χ1n) is 9.73. The molecular weight excluding hydrogens is 482 g/mol. The molecule has 0 spiro atoms. The molecule has 0 radical (unpaired) electrons. The van der Waals surface area contributed by atoms with E-state index in [9.17, 15) is 18.0 Å². The number of hydrogen-bond donors (Lipinski definition) is 2. The van der Waals surface area contributed by atoms with Crippen molar-refractivity contribution in [1.82, 2.24) is 14.5 Å². The first-order chi connectivity index (χ1) is 15.6. The Morgan fingerprint density at radius 3 is 2.36 bits per heavy atom. The number of aromatic nitrogens is 2. The summed E-state index contributed by atoms with van der Waals surface area (Å²) in [7, 11) is -0.689. The number of amides is 2. The van der Waals surface area contributed by atoms with Crippen LogP contribution < -0.4 is 10.6 Å². The number of nitrogens with one attached hydrogen (secondary N) is 2. The summed E-state index contributed by atoms with van der Waals surface area (Å²) in [5.41, 5.74) is 3.16. The highest BCUT2D eigenvalue weighted by Crippen LogP contribution is 2.26. The Bertz CT molecular complexity index is 1270. The summed E-state index contributed by atoms with van der Waals surface area (Å²) in [6.07, 6.45) is 0. The van der Waals surface area contributed by atoms with Crippen LogP contribution in [-0.2, 0) is 14.8 Å². The number of carbonyl (C=O) groups is 2. The molecule has 12 heteroatoms. The topological polar surface area (TPSA) is 121 Å². The van der Waals surface area contributed by atoms with Crippen LogP contribution in [0.3, 0.4) is 0 Å². The van der Waals surface area contributed by atoms with Crippen LogP contribution in [0, 0.1) is 13.8 Å². The Labute approximate surface area is 200 Å². The van der Waals surface area contributed by atoms with Gasteiger partial charge in [0.15, 0.2) is 4.34 Å². The summed E-state index contributed by atoms with van der Waals surface area (Å²) in [5.74, 6) is -0.456. The molecule has 9 nitrogen and oxygen atoms in total. The van der Waals surface area contributed by atoms with Crippen LogP contribution in [0.25, 0.3) is 0 Å². The van der Waals surface area contributed by atoms with Gasteiger partial charge in [-0.25, -0.2) is 12.7 Å². The Kier molecular flexibility index (Phi) is 7.84. The van der Waals surface area contributed by atoms with Gasteiger partial charge in [-0.2, -0.15) is 0 Å². The van der Waals surface area contributed by atoms with E-state index in [1.165, 1.54) is 50.1 Å². The van der Waals surface area contributed by atoms with Crippen LogP contribution in [0.15, 0.2) is 51.7 Å². The number of carbonyl (C=O) groups excluding carboxylic acids is 2. The van der Waals surface area contributed by atoms with Crippen LogP contribution in [-0.4, -0.2) is 54.6 Å². The molecule has 1 heterocycles. The van der Waals surface area contributed by atoms with Crippen molar-refractivity contribution in [3.63, 3.8) is 0 Å². The van der Waals surface area contributed by atoms with Gasteiger partial charge in [-0.15, -0.1) is 10.2 Å². The Morgan fingerprint density at radius 2 is 1.73 bits per heavy atom. The molecule has 0 aliphatic carbocycles. The van der Waals surface area contributed by atoms with Crippen molar-refractivity contribution in [2.45, 2.75) is 23.1 Å². The van der Waals surface area contributed by atoms with Crippen molar-refractivity contribution in [2.24, 2.45) is 0 Å². The van der Waals surface area contributed by atoms with Gasteiger partial charge in [-0.1, -0.05) is 40.8 Å². The quantitative estimate of drug-likeness (QED) is 0.355. The number of aryl methyl sites for hydroxylation is 2. The lowest BCUT2D eigenvalue weighted by molar-refractivity contribution is -0.113. The minimum absolute atomic E-state index is 0.0951. The van der Waals surface area contributed by atoms with E-state index in [-0.39, 0.29) is 27.3 Å². The summed E-state index contributed by atoms with van der Waals surface area (Å²) in [4.78, 5) is 24.8. The molecule has 3 aromatic rings. The molecule has 0 aliphatic heterocycles. The van der Waals surface area contributed by atoms with Crippen molar-refractivity contribution >= 4 is 55.8 Å². The van der Waals surface area contributed by atoms with Crippen LogP contribution >= 0.6 is 23.1 Å². The fraction of sp³-hybridized carbons (Fsp3) is 0.238. The molecule has 33 heavy (non-hydrogen) atoms. The van der Waals surface area contributed by atoms with Crippen LogP contribution in [0.2, 0.25) is 0 Å². The molecule has 0 atom stereocenters. The number of rotatable bonds is 8. The van der Waals surface area contributed by atoms with Gasteiger partial charge in [0, 0.05) is 25.3 Å². The van der Waals surface area contributed by atoms with E-state index >= 15 is 0 Å². The van der Waals surface area contributed by atoms with Gasteiger partial charge < -0.3 is 5.32 Å². The molecule has 3 rings (SSSR count). The van der Waals surface area contributed by atoms with Gasteiger partial charge >= 0.3 is 0 Å². The first-order valence-corrected chi connectivity index (χ1v) is 13.0. The highest BCUT2D eigenvalue weighted by atomic mass is 32.2. The lowest BCUT2D eigenvalue weighted by Gasteiger charge is -2.11. The van der Waals surface area contributed by atoms with E-state index < -0.39 is 15.9 Å². The van der Waals surface area contributed by atoms with Gasteiger partial charge in [-0.05, 0) is 49.7 Å². The summed E-state index contributed by atoms with van der Waals surface area (Å²) in [6, 6.07) is 11.4. The van der Waals surface area contributed by atoms with Gasteiger partial charge in [0.2, 0.25) is 21.1 Å². The molecule has 2 N–H and O–H groups in total. The fourth-order valence-electron chi connectivity index (χ4n) is 2.74. The van der Waals surface area contributed by atoms with Crippen molar-refractivity contribution in [3.8, 4) is 0 Å². The number of benzene rings is 2. The van der Waals surface area contributed by atoms with E-state index in [2.05, 4.69) is 20.8 Å². The van der Waals surface area contributed by atoms with E-state index in [4.69, 9.17) is 0 Å². The molecule has 174 valence electrons. The smallest absolute Gasteiger partial charge is 0.257 e. The van der Waals surface area contributed by atoms with Crippen LogP contribution in [0.1, 0.15) is 21.5 Å². The molecule has 1 aromatic heterocycles. The normalized spacial score (nSPS) is 11.4. The zero-order valence-electron chi connectivity index (χ0n) is 18.4. The minimum Gasteiger partial charge on any atom is -0.325 e. The second-order valence-electron chi connectivity index (χ2n) is 7.29. The Hall–Kier alpha value is -2.80. The maximum Gasteiger partial charge on any atom is 0.257 e. The molecule has 2 amide bonds. The lowest BCUT2D eigenvalue weighted by atomic mass is 10.1. The maximum atomic E-state index is 12.4. The zero-order valence-corrected chi connectivity index (χ0v) is 20.9. The van der Waals surface area contributed by atoms with Crippen molar-refractivity contribution in [1.29, 1.82) is 0 Å². The minimum atomic E-state index is -3.57. The summed E-state index contributed by atoms with van der Waals surface area (Å²) in [5, 5.41) is 13.7. The molecule has 0 saturated heterocycles. The molecule has 0 aliphatic rings. The van der Waals surface area contributed by atoms with E-state index in [1.807, 2.05) is 32.0 Å². The highest BCUT2D eigenvalue weighted by Gasteiger charge is 2.18. The highest BCUT2D eigenvalue weighted by molar-refractivity contribution is 8.01. The standard InChI is InChI=1S/C21H23N5O4S3/c1-13-5-10-17(14(2)11-13)22-18(27)12-31-21-25-24-20(32-21)23-19(28)15-6-8-16(9-7-15)33(29,30)26(3)4/h5-11H,12H2,1-4H3,(H,22,27)(H,23,24,28). The van der Waals surface area contributed by atoms with Gasteiger partial charge in [0.25, 0.3) is 5.91 Å². The van der Waals surface area contributed by atoms with E-state index in [0.717, 1.165) is 32.5 Å². The van der Waals surface area contributed by atoms with Gasteiger partial charge in [0.1, 0.15) is 0 Å². The molecule has 0 unspecified atom stereocenters. The predicted molar refractivity (Wildman–Crippen MR) is 130 cm³/mol. The number of sulfonamides is 1. The summed E-state index contributed by atoms with van der Waals surface area (Å²) in [6.45, 7) is 3.93. The molecule has 2 aromatic carbocycles. The average Bonchev–Trinajstić information content (AvgIpc) is 3.21. The molecule has 0 saturated carbocycles. The van der Waals surface area contributed by atoms with Gasteiger partial charge in [-0.3, -0.25) is 14.9 Å². The Morgan fingerprint density at radius 1 is 1.03 bits per heavy atom. The predicted octanol–water partition coefficient (Wildman–Crippen LogP) is 3.39. The number of thioether (sulfide) groups is 1. The second kappa shape index (κ2) is 10.4. The Balaban J connectivity index is 1.55. The monoisotopic (exact) mass is 505 g/mol. The van der Waals surface area contributed by atoms with Gasteiger partial charge in [0.05, 0.1) is 10.6 Å². The molecular formula is C21H23N5O4S3. The van der Waals surface area contributed by atoms with Crippen molar-refractivity contribution < 1.29 is 18.0 Å². The largest absolute Gasteiger partial charge is 0.325 e. The number of anilines is 2. The zero-order chi connectivity index (χ0) is 24.2. The van der Waals surface area contributed by atoms with E-state index in [1.54, 1.807) is 0 Å². The van der Waals surface area contributed by atoms with E-state index in [0.29, 0.717) is 4.34 Å². The third-order valence-corrected chi connectivity index (χ3v) is 8.31. The molecule has 0 fully saturated rings. The SMILES string of the molecule is Cc1ccc(NC(=O)CSc2nnc(NC(=O)c3ccc(S(=O)(=O)N(C)C)cc3)s2)c(C)c1. The maximum absolute atomic E-state index is 12.4. The first kappa shape index (κ1) is 24.8. The van der Waals surface area contributed by atoms with Crippen LogP contribution in [0.4, 0.5) is 10.8 Å². The third-order valence-electron chi connectivity index (χ3n) is 4.50. The van der Waals surface area contributed by atoms with Crippen LogP contribution in [0.5, 0.6) is 0 Å². The number of hydrogen-bond acceptors (Lipinski definition) is 8. The van der Waals surface area contributed by atoms with Crippen molar-refractivity contribution in [2.75, 3.05) is 30.5 Å². The average molecular weight is 506 g/mol. The summed E-state index contributed by atoms with van der Waals surface area (Å²) >= 11 is 2.36. The lowest BCUT2D eigenvalue weighted by Crippen LogP contribution is -2.22. The fourth-order valence-corrected chi connectivity index (χ4v) is 5.19. The van der Waals surface area contributed by atoms with Crippen molar-refractivity contribution in [3.05, 3.63) is 59.2 Å². The second-order valence-corrected chi connectivity index (χ2v) is 11.6. The third kappa shape index (κ3) is 6.38. The summed E-state index contributed by atoms with van der Waals surface area (Å²) < 4.78 is 25.9.